The van der Waals surface area contributed by atoms with Crippen LogP contribution in [0.1, 0.15) is 0 Å². The zero-order valence-corrected chi connectivity index (χ0v) is 13.5. The van der Waals surface area contributed by atoms with Crippen LogP contribution < -0.4 is 10.6 Å². The normalized spacial score (nSPS) is 26.8. The molecule has 0 aliphatic carbocycles. The lowest BCUT2D eigenvalue weighted by atomic mass is 10.1. The summed E-state index contributed by atoms with van der Waals surface area (Å²) in [6.07, 6.45) is -7.11. The van der Waals surface area contributed by atoms with E-state index in [-0.39, 0.29) is 6.54 Å². The lowest BCUT2D eigenvalue weighted by Gasteiger charge is -2.18. The third-order valence-corrected chi connectivity index (χ3v) is 3.31. The highest BCUT2D eigenvalue weighted by Crippen LogP contribution is 2.24. The minimum Gasteiger partial charge on any atom is -0.468 e. The molecule has 0 saturated carbocycles. The molecular formula is C13H22N2O10. The van der Waals surface area contributed by atoms with Gasteiger partial charge >= 0.3 is 5.97 Å². The molecular weight excluding hydrogens is 344 g/mol. The minimum atomic E-state index is -1.53. The van der Waals surface area contributed by atoms with Gasteiger partial charge in [-0.1, -0.05) is 0 Å². The smallest absolute Gasteiger partial charge is 0.325 e. The van der Waals surface area contributed by atoms with E-state index in [1.807, 2.05) is 0 Å². The molecule has 0 bridgehead atoms. The Labute approximate surface area is 142 Å². The number of carbonyl (C=O) groups is 3. The van der Waals surface area contributed by atoms with E-state index in [1.165, 1.54) is 0 Å². The second-order valence-electron chi connectivity index (χ2n) is 5.14. The fourth-order valence-corrected chi connectivity index (χ4v) is 1.92. The predicted octanol–water partition coefficient (Wildman–Crippen LogP) is -4.79. The van der Waals surface area contributed by atoms with Crippen molar-refractivity contribution in [2.45, 2.75) is 30.7 Å². The van der Waals surface area contributed by atoms with Gasteiger partial charge in [0.1, 0.15) is 37.6 Å². The maximum atomic E-state index is 11.6. The van der Waals surface area contributed by atoms with Crippen LogP contribution >= 0.6 is 0 Å². The van der Waals surface area contributed by atoms with E-state index in [2.05, 4.69) is 15.4 Å². The maximum Gasteiger partial charge on any atom is 0.325 e. The van der Waals surface area contributed by atoms with Gasteiger partial charge in [0.15, 0.2) is 6.29 Å². The van der Waals surface area contributed by atoms with Crippen LogP contribution in [0.25, 0.3) is 0 Å². The first-order valence-corrected chi connectivity index (χ1v) is 7.32. The quantitative estimate of drug-likeness (QED) is 0.216. The number of ether oxygens (including phenoxy) is 3. The van der Waals surface area contributed by atoms with E-state index in [0.29, 0.717) is 0 Å². The van der Waals surface area contributed by atoms with Gasteiger partial charge in [0.05, 0.1) is 20.3 Å². The molecule has 0 unspecified atom stereocenters. The lowest BCUT2D eigenvalue weighted by molar-refractivity contribution is -0.183. The van der Waals surface area contributed by atoms with Crippen LogP contribution in [-0.2, 0) is 28.6 Å². The van der Waals surface area contributed by atoms with Gasteiger partial charge in [-0.15, -0.1) is 0 Å². The molecule has 25 heavy (non-hydrogen) atoms. The number of rotatable bonds is 9. The molecule has 5 atom stereocenters. The highest BCUT2D eigenvalue weighted by molar-refractivity contribution is 5.87. The molecule has 0 aromatic rings. The first-order valence-electron chi connectivity index (χ1n) is 7.32. The van der Waals surface area contributed by atoms with Crippen LogP contribution in [0, 0.1) is 0 Å². The molecule has 0 aromatic heterocycles. The Kier molecular flexibility index (Phi) is 8.68. The second kappa shape index (κ2) is 10.2. The summed E-state index contributed by atoms with van der Waals surface area (Å²) in [4.78, 5) is 33.7. The van der Waals surface area contributed by atoms with Crippen LogP contribution in [0.15, 0.2) is 0 Å². The molecule has 12 nitrogen and oxygen atoms in total. The topological polar surface area (TPSA) is 184 Å². The summed E-state index contributed by atoms with van der Waals surface area (Å²) >= 11 is 0. The SMILES string of the molecule is COC(=O)CNC(=O)CNC(=O)CO[C@H]1O[C@H]([C@H](O)CO)[C@H](O)[C@@H]1O. The summed E-state index contributed by atoms with van der Waals surface area (Å²) < 4.78 is 14.3. The zero-order valence-electron chi connectivity index (χ0n) is 13.5. The molecule has 0 aromatic carbocycles. The molecule has 1 aliphatic rings. The number of esters is 1. The Hall–Kier alpha value is -1.83. The number of aliphatic hydroxyl groups is 4. The Balaban J connectivity index is 2.30. The molecule has 1 heterocycles. The van der Waals surface area contributed by atoms with Crippen LogP contribution in [-0.4, -0.2) is 102 Å². The van der Waals surface area contributed by atoms with Crippen molar-refractivity contribution in [3.05, 3.63) is 0 Å². The number of nitrogens with one attached hydrogen (secondary N) is 2. The van der Waals surface area contributed by atoms with Crippen molar-refractivity contribution < 1.29 is 49.0 Å². The van der Waals surface area contributed by atoms with Crippen molar-refractivity contribution in [2.75, 3.05) is 33.4 Å². The van der Waals surface area contributed by atoms with E-state index in [9.17, 15) is 29.7 Å². The molecule has 1 saturated heterocycles. The summed E-state index contributed by atoms with van der Waals surface area (Å²) in [7, 11) is 1.16. The van der Waals surface area contributed by atoms with Gasteiger partial charge in [-0.25, -0.2) is 0 Å². The average molecular weight is 366 g/mol. The Morgan fingerprint density at radius 3 is 2.36 bits per heavy atom. The highest BCUT2D eigenvalue weighted by Gasteiger charge is 2.46. The summed E-state index contributed by atoms with van der Waals surface area (Å²) in [6.45, 7) is -2.04. The Bertz CT molecular complexity index is 474. The van der Waals surface area contributed by atoms with Crippen LogP contribution in [0.2, 0.25) is 0 Å². The van der Waals surface area contributed by atoms with Gasteiger partial charge in [-0.3, -0.25) is 14.4 Å². The molecule has 2 amide bonds. The number of aliphatic hydroxyl groups excluding tert-OH is 4. The van der Waals surface area contributed by atoms with Crippen molar-refractivity contribution in [3.63, 3.8) is 0 Å². The van der Waals surface area contributed by atoms with Gasteiger partial charge in [-0.2, -0.15) is 0 Å². The van der Waals surface area contributed by atoms with Crippen LogP contribution in [0.5, 0.6) is 0 Å². The zero-order chi connectivity index (χ0) is 19.0. The molecule has 0 spiro atoms. The van der Waals surface area contributed by atoms with Crippen molar-refractivity contribution in [2.24, 2.45) is 0 Å². The predicted molar refractivity (Wildman–Crippen MR) is 77.8 cm³/mol. The van der Waals surface area contributed by atoms with Gasteiger partial charge in [0, 0.05) is 0 Å². The molecule has 0 radical (unpaired) electrons. The molecule has 1 aliphatic heterocycles. The maximum absolute atomic E-state index is 11.6. The standard InChI is InChI=1S/C13H22N2O10/c1-23-9(20)3-15-7(18)2-14-8(19)5-24-13-11(22)10(21)12(25-13)6(17)4-16/h6,10-13,16-17,21-22H,2-5H2,1H3,(H,14,19)(H,15,18)/t6-,10-,11+,12-,13+/m1/s1. The molecule has 144 valence electrons. The van der Waals surface area contributed by atoms with Crippen molar-refractivity contribution in [3.8, 4) is 0 Å². The first kappa shape index (κ1) is 21.2. The largest absolute Gasteiger partial charge is 0.468 e. The van der Waals surface area contributed by atoms with Crippen molar-refractivity contribution in [1.29, 1.82) is 0 Å². The van der Waals surface area contributed by atoms with E-state index in [4.69, 9.17) is 14.6 Å². The summed E-state index contributed by atoms with van der Waals surface area (Å²) in [5, 5.41) is 42.1. The second-order valence-corrected chi connectivity index (χ2v) is 5.14. The van der Waals surface area contributed by atoms with E-state index >= 15 is 0 Å². The Morgan fingerprint density at radius 2 is 1.76 bits per heavy atom. The van der Waals surface area contributed by atoms with Gasteiger partial charge in [-0.05, 0) is 0 Å². The van der Waals surface area contributed by atoms with Crippen molar-refractivity contribution in [1.82, 2.24) is 10.6 Å². The fraction of sp³-hybridized carbons (Fsp3) is 0.769. The first-order chi connectivity index (χ1) is 11.8. The molecule has 1 rings (SSSR count). The number of amides is 2. The van der Waals surface area contributed by atoms with E-state index in [0.717, 1.165) is 7.11 Å². The number of carbonyl (C=O) groups excluding carboxylic acids is 3. The van der Waals surface area contributed by atoms with Gasteiger partial charge in [0.2, 0.25) is 11.8 Å². The lowest BCUT2D eigenvalue weighted by Crippen LogP contribution is -2.41. The van der Waals surface area contributed by atoms with Gasteiger partial charge < -0.3 is 45.3 Å². The van der Waals surface area contributed by atoms with E-state index in [1.54, 1.807) is 0 Å². The highest BCUT2D eigenvalue weighted by atomic mass is 16.7. The van der Waals surface area contributed by atoms with Crippen LogP contribution in [0.3, 0.4) is 0 Å². The number of hydrogen-bond acceptors (Lipinski definition) is 10. The minimum absolute atomic E-state index is 0.337. The van der Waals surface area contributed by atoms with Crippen molar-refractivity contribution >= 4 is 17.8 Å². The Morgan fingerprint density at radius 1 is 1.12 bits per heavy atom. The van der Waals surface area contributed by atoms with Crippen LogP contribution in [0.4, 0.5) is 0 Å². The average Bonchev–Trinajstić information content (AvgIpc) is 2.90. The fourth-order valence-electron chi connectivity index (χ4n) is 1.92. The molecule has 12 heteroatoms. The summed E-state index contributed by atoms with van der Waals surface area (Å²) in [5.41, 5.74) is 0. The van der Waals surface area contributed by atoms with E-state index < -0.39 is 68.2 Å². The third kappa shape index (κ3) is 6.53. The summed E-state index contributed by atoms with van der Waals surface area (Å²) in [6, 6.07) is 0. The molecule has 6 N–H and O–H groups in total. The monoisotopic (exact) mass is 366 g/mol. The van der Waals surface area contributed by atoms with Gasteiger partial charge in [0.25, 0.3) is 0 Å². The third-order valence-electron chi connectivity index (χ3n) is 3.31. The number of methoxy groups -OCH3 is 1. The summed E-state index contributed by atoms with van der Waals surface area (Å²) in [5.74, 6) is -1.99. The number of hydrogen-bond donors (Lipinski definition) is 6. The molecule has 1 fully saturated rings.